The maximum Gasteiger partial charge on any atom is 0.248 e. The van der Waals surface area contributed by atoms with Crippen molar-refractivity contribution in [3.8, 4) is 0 Å². The highest BCUT2D eigenvalue weighted by Crippen LogP contribution is 2.09. The molecular formula is C4H6N2O3S. The number of nitrogens with two attached hydrogens (primary N) is 1. The van der Waals surface area contributed by atoms with Gasteiger partial charge in [-0.25, -0.2) is 14.1 Å². The third-order valence-corrected chi connectivity index (χ3v) is 1.57. The summed E-state index contributed by atoms with van der Waals surface area (Å²) < 4.78 is 26.7. The van der Waals surface area contributed by atoms with Gasteiger partial charge in [0.05, 0.1) is 0 Å². The summed E-state index contributed by atoms with van der Waals surface area (Å²) in [6, 6.07) is 0. The summed E-state index contributed by atoms with van der Waals surface area (Å²) in [4.78, 5) is 0. The van der Waals surface area contributed by atoms with Gasteiger partial charge in [-0.2, -0.15) is 0 Å². The van der Waals surface area contributed by atoms with Crippen molar-refractivity contribution in [2.75, 3.05) is 0 Å². The van der Waals surface area contributed by atoms with Crippen LogP contribution in [0.2, 0.25) is 0 Å². The summed E-state index contributed by atoms with van der Waals surface area (Å²) in [6.45, 7) is 0. The van der Waals surface area contributed by atoms with Crippen LogP contribution in [0.3, 0.4) is 0 Å². The topological polar surface area (TPSA) is 85.4 Å². The van der Waals surface area contributed by atoms with E-state index < -0.39 is 9.92 Å². The normalized spacial score (nSPS) is 21.9. The molecule has 1 aliphatic heterocycles. The highest BCUT2D eigenvalue weighted by atomic mass is 32.2. The van der Waals surface area contributed by atoms with Gasteiger partial charge in [0, 0.05) is 0 Å². The fourth-order valence-corrected chi connectivity index (χ4v) is 0.789. The van der Waals surface area contributed by atoms with Crippen LogP contribution >= 0.6 is 0 Å². The average molecular weight is 162 g/mol. The predicted molar refractivity (Wildman–Crippen MR) is 34.4 cm³/mol. The molecule has 1 heterocycles. The Morgan fingerprint density at radius 3 is 2.60 bits per heavy atom. The zero-order chi connectivity index (χ0) is 7.61. The van der Waals surface area contributed by atoms with Gasteiger partial charge < -0.3 is 9.47 Å². The van der Waals surface area contributed by atoms with Gasteiger partial charge in [0.2, 0.25) is 5.09 Å². The largest absolute Gasteiger partial charge is 0.465 e. The van der Waals surface area contributed by atoms with Gasteiger partial charge in [-0.05, 0) is 0 Å². The summed E-state index contributed by atoms with van der Waals surface area (Å²) in [5, 5.41) is 4.73. The summed E-state index contributed by atoms with van der Waals surface area (Å²) in [7, 11) is -3.26. The molecule has 1 unspecified atom stereocenters. The highest BCUT2D eigenvalue weighted by molar-refractivity contribution is 7.93. The molecule has 1 aliphatic rings. The van der Waals surface area contributed by atoms with Crippen LogP contribution in [0.25, 0.3) is 0 Å². The molecular weight excluding hydrogens is 156 g/mol. The summed E-state index contributed by atoms with van der Waals surface area (Å²) in [5.41, 5.74) is 0. The molecule has 0 radical (unpaired) electrons. The predicted octanol–water partition coefficient (Wildman–Crippen LogP) is 0.224. The molecule has 0 saturated carbocycles. The lowest BCUT2D eigenvalue weighted by Crippen LogP contribution is -2.15. The van der Waals surface area contributed by atoms with Crippen LogP contribution < -0.4 is 5.14 Å². The Morgan fingerprint density at radius 1 is 1.60 bits per heavy atom. The van der Waals surface area contributed by atoms with E-state index in [1.807, 2.05) is 0 Å². The van der Waals surface area contributed by atoms with E-state index in [2.05, 4.69) is 9.47 Å². The van der Waals surface area contributed by atoms with Gasteiger partial charge in [0.1, 0.15) is 18.8 Å². The molecule has 10 heavy (non-hydrogen) atoms. The Bertz CT molecular complexity index is 277. The Morgan fingerprint density at radius 2 is 2.30 bits per heavy atom. The summed E-state index contributed by atoms with van der Waals surface area (Å²) in [5.74, 6) is 0. The molecule has 5 nitrogen and oxygen atoms in total. The van der Waals surface area contributed by atoms with E-state index in [9.17, 15) is 4.21 Å². The van der Waals surface area contributed by atoms with Gasteiger partial charge in [-0.3, -0.25) is 0 Å². The minimum absolute atomic E-state index is 0.171. The molecule has 0 aliphatic carbocycles. The van der Waals surface area contributed by atoms with Crippen molar-refractivity contribution in [3.63, 3.8) is 0 Å². The van der Waals surface area contributed by atoms with Crippen molar-refractivity contribution < 1.29 is 13.7 Å². The van der Waals surface area contributed by atoms with Crippen molar-refractivity contribution in [1.82, 2.24) is 0 Å². The number of nitrogens with one attached hydrogen (secondary N) is 1. The number of hydrogen-bond donors (Lipinski definition) is 2. The van der Waals surface area contributed by atoms with Crippen molar-refractivity contribution in [2.24, 2.45) is 5.14 Å². The van der Waals surface area contributed by atoms with Crippen LogP contribution in [0.4, 0.5) is 0 Å². The lowest BCUT2D eigenvalue weighted by molar-refractivity contribution is 0.278. The van der Waals surface area contributed by atoms with Crippen LogP contribution in [0.15, 0.2) is 23.9 Å². The zero-order valence-electron chi connectivity index (χ0n) is 4.94. The summed E-state index contributed by atoms with van der Waals surface area (Å²) in [6.07, 6.45) is 3.44. The van der Waals surface area contributed by atoms with Crippen molar-refractivity contribution >= 4 is 9.92 Å². The fraction of sp³-hybridized carbons (Fsp3) is 0. The quantitative estimate of drug-likeness (QED) is 0.578. The Hall–Kier alpha value is -1.01. The molecule has 0 fully saturated rings. The number of ether oxygens (including phenoxy) is 2. The number of hydrogen-bond acceptors (Lipinski definition) is 4. The van der Waals surface area contributed by atoms with E-state index in [1.165, 1.54) is 6.26 Å². The average Bonchev–Trinajstić information content (AvgIpc) is 1.88. The molecule has 6 heteroatoms. The second-order valence-corrected chi connectivity index (χ2v) is 3.17. The maximum atomic E-state index is 10.7. The van der Waals surface area contributed by atoms with Crippen LogP contribution in [-0.2, 0) is 19.4 Å². The molecule has 0 aromatic rings. The Kier molecular flexibility index (Phi) is 1.64. The molecule has 3 N–H and O–H groups in total. The monoisotopic (exact) mass is 162 g/mol. The SMILES string of the molecule is N=S(N)(=O)C1=COC=CO1. The maximum absolute atomic E-state index is 10.7. The van der Waals surface area contributed by atoms with Crippen molar-refractivity contribution in [2.45, 2.75) is 0 Å². The minimum atomic E-state index is -3.26. The van der Waals surface area contributed by atoms with E-state index in [-0.39, 0.29) is 5.09 Å². The van der Waals surface area contributed by atoms with E-state index in [4.69, 9.17) is 9.92 Å². The van der Waals surface area contributed by atoms with E-state index in [0.29, 0.717) is 0 Å². The van der Waals surface area contributed by atoms with Gasteiger partial charge in [0.15, 0.2) is 9.92 Å². The number of rotatable bonds is 1. The molecule has 56 valence electrons. The lowest BCUT2D eigenvalue weighted by Gasteiger charge is -2.07. The van der Waals surface area contributed by atoms with Gasteiger partial charge in [-0.1, -0.05) is 0 Å². The molecule has 0 amide bonds. The Balaban J connectivity index is 2.86. The molecule has 0 aromatic heterocycles. The standard InChI is InChI=1S/C4H6N2O3S/c5-10(6,7)4-3-8-1-2-9-4/h1-3H,(H3,5,6,7). The van der Waals surface area contributed by atoms with E-state index in [0.717, 1.165) is 12.5 Å². The third-order valence-electron chi connectivity index (χ3n) is 0.781. The first-order valence-electron chi connectivity index (χ1n) is 2.34. The Labute approximate surface area is 58.2 Å². The molecule has 0 saturated heterocycles. The molecule has 0 aromatic carbocycles. The highest BCUT2D eigenvalue weighted by Gasteiger charge is 2.10. The fourth-order valence-electron chi connectivity index (χ4n) is 0.392. The second-order valence-electron chi connectivity index (χ2n) is 1.56. The first kappa shape index (κ1) is 7.10. The van der Waals surface area contributed by atoms with Gasteiger partial charge >= 0.3 is 0 Å². The molecule has 1 atom stereocenters. The zero-order valence-corrected chi connectivity index (χ0v) is 5.76. The van der Waals surface area contributed by atoms with Crippen LogP contribution in [0.5, 0.6) is 0 Å². The summed E-state index contributed by atoms with van der Waals surface area (Å²) >= 11 is 0. The molecule has 0 spiro atoms. The third kappa shape index (κ3) is 1.49. The van der Waals surface area contributed by atoms with Gasteiger partial charge in [0.25, 0.3) is 0 Å². The van der Waals surface area contributed by atoms with Crippen LogP contribution in [-0.4, -0.2) is 4.21 Å². The van der Waals surface area contributed by atoms with E-state index >= 15 is 0 Å². The van der Waals surface area contributed by atoms with Crippen LogP contribution in [0, 0.1) is 4.78 Å². The van der Waals surface area contributed by atoms with E-state index in [1.54, 1.807) is 0 Å². The first-order chi connectivity index (χ1) is 4.61. The molecule has 0 bridgehead atoms. The van der Waals surface area contributed by atoms with Crippen LogP contribution in [0.1, 0.15) is 0 Å². The van der Waals surface area contributed by atoms with Gasteiger partial charge in [-0.15, -0.1) is 0 Å². The first-order valence-corrected chi connectivity index (χ1v) is 3.97. The van der Waals surface area contributed by atoms with Crippen molar-refractivity contribution in [1.29, 1.82) is 4.78 Å². The molecule has 1 rings (SSSR count). The van der Waals surface area contributed by atoms with Crippen molar-refractivity contribution in [3.05, 3.63) is 23.9 Å². The lowest BCUT2D eigenvalue weighted by atomic mass is 10.9. The smallest absolute Gasteiger partial charge is 0.248 e. The minimum Gasteiger partial charge on any atom is -0.465 e. The second kappa shape index (κ2) is 2.31.